The Balaban J connectivity index is 1.46. The number of hydrogen-bond donors (Lipinski definition) is 1. The third kappa shape index (κ3) is 3.90. The SMILES string of the molecule is Cc1c(C(N)=O)cc(OCC2CCN2C)cc1C1(c2cc(C3CCCC3)cc3ncccc23)CC1. The zero-order chi connectivity index (χ0) is 24.2. The van der Waals surface area contributed by atoms with Crippen molar-refractivity contribution < 1.29 is 9.53 Å². The number of ether oxygens (including phenoxy) is 1. The number of rotatable bonds is 7. The quantitative estimate of drug-likeness (QED) is 0.499. The van der Waals surface area contributed by atoms with Crippen LogP contribution in [0.4, 0.5) is 0 Å². The average Bonchev–Trinajstić information content (AvgIpc) is 3.47. The van der Waals surface area contributed by atoms with Crippen molar-refractivity contribution in [2.24, 2.45) is 5.73 Å². The van der Waals surface area contributed by atoms with Crippen LogP contribution in [0.25, 0.3) is 10.9 Å². The summed E-state index contributed by atoms with van der Waals surface area (Å²) in [7, 11) is 2.13. The summed E-state index contributed by atoms with van der Waals surface area (Å²) >= 11 is 0. The largest absolute Gasteiger partial charge is 0.492 e. The molecule has 2 aromatic carbocycles. The zero-order valence-corrected chi connectivity index (χ0v) is 20.8. The number of nitrogens with two attached hydrogens (primary N) is 1. The molecule has 0 radical (unpaired) electrons. The number of aromatic nitrogens is 1. The van der Waals surface area contributed by atoms with Gasteiger partial charge in [0.1, 0.15) is 12.4 Å². The lowest BCUT2D eigenvalue weighted by atomic mass is 9.80. The van der Waals surface area contributed by atoms with Crippen molar-refractivity contribution in [3.8, 4) is 5.75 Å². The third-order valence-corrected chi connectivity index (χ3v) is 8.88. The first kappa shape index (κ1) is 22.5. The Labute approximate surface area is 207 Å². The molecule has 5 nitrogen and oxygen atoms in total. The van der Waals surface area contributed by atoms with Gasteiger partial charge >= 0.3 is 0 Å². The van der Waals surface area contributed by atoms with Crippen LogP contribution in [0.3, 0.4) is 0 Å². The smallest absolute Gasteiger partial charge is 0.249 e. The maximum atomic E-state index is 12.5. The van der Waals surface area contributed by atoms with Gasteiger partial charge in [0.05, 0.1) is 5.52 Å². The summed E-state index contributed by atoms with van der Waals surface area (Å²) in [6.45, 7) is 3.79. The van der Waals surface area contributed by atoms with Gasteiger partial charge in [0.2, 0.25) is 5.91 Å². The molecule has 2 N–H and O–H groups in total. The first-order chi connectivity index (χ1) is 17.0. The first-order valence-electron chi connectivity index (χ1n) is 13.1. The van der Waals surface area contributed by atoms with Gasteiger partial charge in [-0.25, -0.2) is 0 Å². The summed E-state index contributed by atoms with van der Waals surface area (Å²) in [6, 6.07) is 13.4. The van der Waals surface area contributed by atoms with Crippen molar-refractivity contribution in [1.29, 1.82) is 0 Å². The maximum absolute atomic E-state index is 12.5. The van der Waals surface area contributed by atoms with Crippen LogP contribution < -0.4 is 10.5 Å². The maximum Gasteiger partial charge on any atom is 0.249 e. The third-order valence-electron chi connectivity index (χ3n) is 8.88. The fourth-order valence-corrected chi connectivity index (χ4v) is 6.40. The number of hydrogen-bond acceptors (Lipinski definition) is 4. The molecule has 0 bridgehead atoms. The Morgan fingerprint density at radius 1 is 1.14 bits per heavy atom. The van der Waals surface area contributed by atoms with E-state index in [0.717, 1.165) is 42.6 Å². The van der Waals surface area contributed by atoms with Gasteiger partial charge in [-0.05, 0) is 105 Å². The predicted molar refractivity (Wildman–Crippen MR) is 139 cm³/mol. The van der Waals surface area contributed by atoms with Gasteiger partial charge in [-0.3, -0.25) is 14.7 Å². The number of pyridine rings is 1. The predicted octanol–water partition coefficient (Wildman–Crippen LogP) is 5.46. The molecule has 3 aliphatic rings. The Hall–Kier alpha value is -2.92. The number of amides is 1. The molecule has 0 spiro atoms. The molecule has 1 saturated heterocycles. The van der Waals surface area contributed by atoms with Crippen LogP contribution in [0.1, 0.15) is 83.5 Å². The van der Waals surface area contributed by atoms with Crippen molar-refractivity contribution >= 4 is 16.8 Å². The molecular formula is C30H35N3O2. The van der Waals surface area contributed by atoms with Crippen LogP contribution in [-0.2, 0) is 5.41 Å². The molecule has 35 heavy (non-hydrogen) atoms. The second-order valence-corrected chi connectivity index (χ2v) is 10.9. The highest BCUT2D eigenvalue weighted by Crippen LogP contribution is 2.57. The van der Waals surface area contributed by atoms with Crippen LogP contribution in [-0.4, -0.2) is 42.0 Å². The number of carbonyl (C=O) groups is 1. The second kappa shape index (κ2) is 8.63. The number of primary amides is 1. The molecule has 1 aliphatic heterocycles. The number of nitrogens with zero attached hydrogens (tertiary/aromatic N) is 2. The van der Waals surface area contributed by atoms with E-state index in [1.807, 2.05) is 25.3 Å². The molecule has 5 heteroatoms. The van der Waals surface area contributed by atoms with Gasteiger partial charge < -0.3 is 10.5 Å². The minimum absolute atomic E-state index is 0.128. The van der Waals surface area contributed by atoms with E-state index in [1.54, 1.807) is 0 Å². The number of likely N-dealkylation sites (N-methyl/N-ethyl adjacent to an activating group) is 1. The molecule has 1 atom stereocenters. The fourth-order valence-electron chi connectivity index (χ4n) is 6.40. The van der Waals surface area contributed by atoms with E-state index in [9.17, 15) is 4.79 Å². The van der Waals surface area contributed by atoms with Crippen LogP contribution in [0.5, 0.6) is 5.75 Å². The summed E-state index contributed by atoms with van der Waals surface area (Å²) in [4.78, 5) is 19.5. The van der Waals surface area contributed by atoms with Gasteiger partial charge in [0.15, 0.2) is 0 Å². The molecular weight excluding hydrogens is 434 g/mol. The summed E-state index contributed by atoms with van der Waals surface area (Å²) in [5, 5.41) is 1.22. The summed E-state index contributed by atoms with van der Waals surface area (Å²) in [5.41, 5.74) is 12.3. The van der Waals surface area contributed by atoms with Crippen LogP contribution in [0, 0.1) is 6.92 Å². The molecule has 2 heterocycles. The lowest BCUT2D eigenvalue weighted by molar-refractivity contribution is 0.0767. The highest BCUT2D eigenvalue weighted by Gasteiger charge is 2.48. The number of carbonyl (C=O) groups excluding carboxylic acids is 1. The Morgan fingerprint density at radius 3 is 2.60 bits per heavy atom. The molecule has 1 amide bonds. The molecule has 1 unspecified atom stereocenters. The van der Waals surface area contributed by atoms with Crippen molar-refractivity contribution in [1.82, 2.24) is 9.88 Å². The molecule has 2 aliphatic carbocycles. The van der Waals surface area contributed by atoms with Gasteiger partial charge in [-0.15, -0.1) is 0 Å². The summed E-state index contributed by atoms with van der Waals surface area (Å²) in [6.07, 6.45) is 10.3. The van der Waals surface area contributed by atoms with Gasteiger partial charge in [-0.2, -0.15) is 0 Å². The molecule has 6 rings (SSSR count). The highest BCUT2D eigenvalue weighted by atomic mass is 16.5. The van der Waals surface area contributed by atoms with E-state index < -0.39 is 5.91 Å². The minimum atomic E-state index is -0.392. The average molecular weight is 470 g/mol. The second-order valence-electron chi connectivity index (χ2n) is 10.9. The highest BCUT2D eigenvalue weighted by molar-refractivity contribution is 5.95. The monoisotopic (exact) mass is 469 g/mol. The Bertz CT molecular complexity index is 1290. The van der Waals surface area contributed by atoms with Crippen LogP contribution in [0.2, 0.25) is 0 Å². The molecule has 182 valence electrons. The van der Waals surface area contributed by atoms with E-state index in [4.69, 9.17) is 15.5 Å². The van der Waals surface area contributed by atoms with E-state index >= 15 is 0 Å². The van der Waals surface area contributed by atoms with Gasteiger partial charge in [-0.1, -0.05) is 25.0 Å². The molecule has 2 saturated carbocycles. The van der Waals surface area contributed by atoms with Crippen LogP contribution >= 0.6 is 0 Å². The Kier molecular flexibility index (Phi) is 5.56. The van der Waals surface area contributed by atoms with Crippen molar-refractivity contribution in [3.05, 3.63) is 70.4 Å². The topological polar surface area (TPSA) is 68.5 Å². The van der Waals surface area contributed by atoms with Crippen LogP contribution in [0.15, 0.2) is 42.6 Å². The zero-order valence-electron chi connectivity index (χ0n) is 20.8. The first-order valence-corrected chi connectivity index (χ1v) is 13.1. The van der Waals surface area contributed by atoms with Crippen molar-refractivity contribution in [2.75, 3.05) is 20.2 Å². The normalized spacial score (nSPS) is 21.7. The lowest BCUT2D eigenvalue weighted by Gasteiger charge is -2.37. The summed E-state index contributed by atoms with van der Waals surface area (Å²) < 4.78 is 6.26. The standard InChI is InChI=1S/C30H35N3O2/c1-19-25(29(31)34)16-23(35-18-22-9-13-33(22)2)17-26(19)30(10-11-30)27-14-21(20-6-3-4-7-20)15-28-24(27)8-5-12-32-28/h5,8,12,14-17,20,22H,3-4,6-7,9-11,13,18H2,1-2H3,(H2,31,34). The molecule has 3 fully saturated rings. The Morgan fingerprint density at radius 2 is 1.94 bits per heavy atom. The van der Waals surface area contributed by atoms with E-state index in [2.05, 4.69) is 36.2 Å². The number of likely N-dealkylation sites (tertiary alicyclic amines) is 1. The number of benzene rings is 2. The van der Waals surface area contributed by atoms with Crippen molar-refractivity contribution in [2.45, 2.75) is 69.2 Å². The van der Waals surface area contributed by atoms with Crippen molar-refractivity contribution in [3.63, 3.8) is 0 Å². The van der Waals surface area contributed by atoms with Gasteiger partial charge in [0, 0.05) is 28.6 Å². The van der Waals surface area contributed by atoms with Gasteiger partial charge in [0.25, 0.3) is 0 Å². The van der Waals surface area contributed by atoms with E-state index in [-0.39, 0.29) is 5.41 Å². The molecule has 1 aromatic heterocycles. The summed E-state index contributed by atoms with van der Waals surface area (Å²) in [5.74, 6) is 0.977. The molecule has 3 aromatic rings. The van der Waals surface area contributed by atoms with E-state index in [0.29, 0.717) is 24.1 Å². The number of fused-ring (bicyclic) bond motifs is 1. The fraction of sp³-hybridized carbons (Fsp3) is 0.467. The van der Waals surface area contributed by atoms with E-state index in [1.165, 1.54) is 47.8 Å². The minimum Gasteiger partial charge on any atom is -0.492 e. The lowest BCUT2D eigenvalue weighted by Crippen LogP contribution is -2.48.